The van der Waals surface area contributed by atoms with Crippen LogP contribution in [0.5, 0.6) is 0 Å². The van der Waals surface area contributed by atoms with Crippen molar-refractivity contribution in [3.8, 4) is 0 Å². The highest BCUT2D eigenvalue weighted by atomic mass is 79.9. The van der Waals surface area contributed by atoms with Gasteiger partial charge in [0.2, 0.25) is 0 Å². The summed E-state index contributed by atoms with van der Waals surface area (Å²) in [6, 6.07) is 6.04. The maximum atomic E-state index is 9.82. The lowest BCUT2D eigenvalue weighted by atomic mass is 10.0. The number of halogens is 1. The molecule has 2 rings (SSSR count). The lowest BCUT2D eigenvalue weighted by molar-refractivity contribution is 0.148. The largest absolute Gasteiger partial charge is 0.458 e. The molecule has 0 bridgehead atoms. The third-order valence-corrected chi connectivity index (χ3v) is 3.42. The van der Waals surface area contributed by atoms with Gasteiger partial charge in [0.1, 0.15) is 17.4 Å². The molecule has 0 aliphatic rings. The fraction of sp³-hybridized carbons (Fsp3) is 0.429. The molecule has 0 aliphatic heterocycles. The smallest absolute Gasteiger partial charge is 0.137 e. The molecule has 1 N–H and O–H groups in total. The number of aliphatic hydroxyl groups excluding tert-OH is 1. The monoisotopic (exact) mass is 296 g/mol. The number of furan rings is 1. The molecule has 0 saturated carbocycles. The highest BCUT2D eigenvalue weighted by Crippen LogP contribution is 2.33. The van der Waals surface area contributed by atoms with Gasteiger partial charge in [-0.05, 0) is 36.1 Å². The average molecular weight is 297 g/mol. The van der Waals surface area contributed by atoms with Crippen molar-refractivity contribution >= 4 is 26.9 Å². The van der Waals surface area contributed by atoms with Crippen molar-refractivity contribution in [3.05, 3.63) is 34.0 Å². The Morgan fingerprint density at radius 1 is 1.29 bits per heavy atom. The summed E-state index contributed by atoms with van der Waals surface area (Å²) in [6.45, 7) is 6.22. The Labute approximate surface area is 110 Å². The van der Waals surface area contributed by atoms with Crippen LogP contribution in [0.4, 0.5) is 0 Å². The highest BCUT2D eigenvalue weighted by molar-refractivity contribution is 9.10. The summed E-state index contributed by atoms with van der Waals surface area (Å²) < 4.78 is 6.85. The molecule has 0 saturated heterocycles. The van der Waals surface area contributed by atoms with Crippen LogP contribution in [0.15, 0.2) is 27.1 Å². The first-order chi connectivity index (χ1) is 8.02. The van der Waals surface area contributed by atoms with Crippen LogP contribution in [0, 0.1) is 0 Å². The predicted octanol–water partition coefficient (Wildman–Crippen LogP) is 4.76. The molecule has 2 aromatic rings. The predicted molar refractivity (Wildman–Crippen MR) is 73.3 cm³/mol. The molecule has 17 heavy (non-hydrogen) atoms. The van der Waals surface area contributed by atoms with E-state index in [1.165, 1.54) is 5.56 Å². The van der Waals surface area contributed by atoms with E-state index in [1.54, 1.807) is 0 Å². The Morgan fingerprint density at radius 2 is 2.00 bits per heavy atom. The first-order valence-electron chi connectivity index (χ1n) is 5.93. The number of fused-ring (bicyclic) bond motifs is 1. The molecule has 0 aliphatic carbocycles. The molecule has 0 fully saturated rings. The van der Waals surface area contributed by atoms with Crippen LogP contribution in [0.1, 0.15) is 50.5 Å². The summed E-state index contributed by atoms with van der Waals surface area (Å²) >= 11 is 3.51. The second kappa shape index (κ2) is 4.83. The number of hydrogen-bond acceptors (Lipinski definition) is 2. The van der Waals surface area contributed by atoms with Gasteiger partial charge in [0, 0.05) is 9.86 Å². The van der Waals surface area contributed by atoms with Gasteiger partial charge in [0.05, 0.1) is 0 Å². The normalized spacial score (nSPS) is 13.5. The molecular weight excluding hydrogens is 280 g/mol. The van der Waals surface area contributed by atoms with Crippen LogP contribution in [0.25, 0.3) is 11.0 Å². The van der Waals surface area contributed by atoms with Crippen LogP contribution in [0.3, 0.4) is 0 Å². The average Bonchev–Trinajstić information content (AvgIpc) is 2.69. The lowest BCUT2D eigenvalue weighted by Crippen LogP contribution is -1.91. The van der Waals surface area contributed by atoms with Crippen molar-refractivity contribution in [2.75, 3.05) is 0 Å². The van der Waals surface area contributed by atoms with Gasteiger partial charge in [-0.25, -0.2) is 0 Å². The Morgan fingerprint density at radius 3 is 2.59 bits per heavy atom. The van der Waals surface area contributed by atoms with Crippen molar-refractivity contribution < 1.29 is 9.52 Å². The molecule has 92 valence electrons. The number of aliphatic hydroxyl groups is 1. The van der Waals surface area contributed by atoms with Gasteiger partial charge in [-0.1, -0.05) is 36.7 Å². The fourth-order valence-electron chi connectivity index (χ4n) is 1.96. The summed E-state index contributed by atoms with van der Waals surface area (Å²) in [5.74, 6) is 1.05. The van der Waals surface area contributed by atoms with Gasteiger partial charge in [0.25, 0.3) is 0 Å². The van der Waals surface area contributed by atoms with Crippen molar-refractivity contribution in [2.24, 2.45) is 0 Å². The number of benzene rings is 1. The van der Waals surface area contributed by atoms with E-state index in [2.05, 4.69) is 35.8 Å². The zero-order valence-corrected chi connectivity index (χ0v) is 11.9. The zero-order valence-electron chi connectivity index (χ0n) is 10.3. The molecule has 1 atom stereocenters. The van der Waals surface area contributed by atoms with E-state index >= 15 is 0 Å². The van der Waals surface area contributed by atoms with E-state index in [-0.39, 0.29) is 0 Å². The second-order valence-corrected chi connectivity index (χ2v) is 5.56. The summed E-state index contributed by atoms with van der Waals surface area (Å²) in [7, 11) is 0. The number of hydrogen-bond donors (Lipinski definition) is 1. The van der Waals surface area contributed by atoms with E-state index in [4.69, 9.17) is 4.42 Å². The standard InChI is InChI=1S/C14H17BrO2/c1-4-12(16)13-6-9-5-10(15)7-11(8(2)3)14(9)17-13/h5-8,12,16H,4H2,1-3H3. The molecule has 1 aromatic carbocycles. The van der Waals surface area contributed by atoms with Crippen LogP contribution in [-0.4, -0.2) is 5.11 Å². The third-order valence-electron chi connectivity index (χ3n) is 2.97. The Bertz CT molecular complexity index is 528. The van der Waals surface area contributed by atoms with Gasteiger partial charge in [0.15, 0.2) is 0 Å². The Balaban J connectivity index is 2.63. The van der Waals surface area contributed by atoms with Crippen molar-refractivity contribution in [1.29, 1.82) is 0 Å². The maximum absolute atomic E-state index is 9.82. The van der Waals surface area contributed by atoms with E-state index < -0.39 is 6.10 Å². The number of rotatable bonds is 3. The Hall–Kier alpha value is -0.800. The van der Waals surface area contributed by atoms with Gasteiger partial charge in [-0.3, -0.25) is 0 Å². The summed E-state index contributed by atoms with van der Waals surface area (Å²) in [4.78, 5) is 0. The molecule has 0 amide bonds. The highest BCUT2D eigenvalue weighted by Gasteiger charge is 2.15. The summed E-state index contributed by atoms with van der Waals surface area (Å²) in [5, 5.41) is 10.9. The van der Waals surface area contributed by atoms with E-state index in [0.29, 0.717) is 18.1 Å². The minimum absolute atomic E-state index is 0.396. The molecule has 3 heteroatoms. The summed E-state index contributed by atoms with van der Waals surface area (Å²) in [5.41, 5.74) is 2.06. The quantitative estimate of drug-likeness (QED) is 0.886. The Kier molecular flexibility index (Phi) is 3.59. The minimum atomic E-state index is -0.513. The van der Waals surface area contributed by atoms with E-state index in [9.17, 15) is 5.11 Å². The van der Waals surface area contributed by atoms with Crippen LogP contribution < -0.4 is 0 Å². The van der Waals surface area contributed by atoms with Crippen molar-refractivity contribution in [3.63, 3.8) is 0 Å². The first-order valence-corrected chi connectivity index (χ1v) is 6.73. The maximum Gasteiger partial charge on any atom is 0.137 e. The van der Waals surface area contributed by atoms with Crippen LogP contribution >= 0.6 is 15.9 Å². The zero-order chi connectivity index (χ0) is 12.6. The van der Waals surface area contributed by atoms with Gasteiger partial charge < -0.3 is 9.52 Å². The molecule has 1 heterocycles. The third kappa shape index (κ3) is 2.40. The van der Waals surface area contributed by atoms with E-state index in [0.717, 1.165) is 15.4 Å². The van der Waals surface area contributed by atoms with Gasteiger partial charge >= 0.3 is 0 Å². The molecular formula is C14H17BrO2. The second-order valence-electron chi connectivity index (χ2n) is 4.64. The first kappa shape index (κ1) is 12.7. The van der Waals surface area contributed by atoms with Gasteiger partial charge in [-0.2, -0.15) is 0 Å². The molecule has 2 nitrogen and oxygen atoms in total. The van der Waals surface area contributed by atoms with Crippen molar-refractivity contribution in [2.45, 2.75) is 39.2 Å². The topological polar surface area (TPSA) is 33.4 Å². The summed E-state index contributed by atoms with van der Waals surface area (Å²) in [6.07, 6.45) is 0.152. The SMILES string of the molecule is CCC(O)c1cc2cc(Br)cc(C(C)C)c2o1. The molecule has 0 radical (unpaired) electrons. The fourth-order valence-corrected chi connectivity index (χ4v) is 2.45. The minimum Gasteiger partial charge on any atom is -0.458 e. The van der Waals surface area contributed by atoms with Crippen LogP contribution in [0.2, 0.25) is 0 Å². The van der Waals surface area contributed by atoms with Gasteiger partial charge in [-0.15, -0.1) is 0 Å². The molecule has 0 spiro atoms. The van der Waals surface area contributed by atoms with Crippen molar-refractivity contribution in [1.82, 2.24) is 0 Å². The molecule has 1 unspecified atom stereocenters. The molecule has 1 aromatic heterocycles. The van der Waals surface area contributed by atoms with E-state index in [1.807, 2.05) is 19.1 Å². The lowest BCUT2D eigenvalue weighted by Gasteiger charge is -2.07. The van der Waals surface area contributed by atoms with Crippen LogP contribution in [-0.2, 0) is 0 Å².